The minimum absolute atomic E-state index is 0.151. The SMILES string of the molecule is CCN[C@H]1C[C@@H]2C(=O)N(C)CCN2C1. The van der Waals surface area contributed by atoms with Crippen molar-refractivity contribution in [3.8, 4) is 0 Å². The van der Waals surface area contributed by atoms with Crippen LogP contribution in [-0.2, 0) is 4.79 Å². The molecule has 14 heavy (non-hydrogen) atoms. The van der Waals surface area contributed by atoms with Crippen LogP contribution in [0.2, 0.25) is 0 Å². The molecule has 0 saturated carbocycles. The molecule has 2 atom stereocenters. The van der Waals surface area contributed by atoms with Gasteiger partial charge in [-0.05, 0) is 13.0 Å². The van der Waals surface area contributed by atoms with Gasteiger partial charge >= 0.3 is 0 Å². The predicted molar refractivity (Wildman–Crippen MR) is 55.1 cm³/mol. The summed E-state index contributed by atoms with van der Waals surface area (Å²) in [6.45, 7) is 6.07. The molecule has 1 N–H and O–H groups in total. The molecule has 2 rings (SSSR count). The van der Waals surface area contributed by atoms with E-state index in [9.17, 15) is 4.79 Å². The van der Waals surface area contributed by atoms with Crippen LogP contribution >= 0.6 is 0 Å². The molecule has 4 nitrogen and oxygen atoms in total. The Hall–Kier alpha value is -0.610. The minimum Gasteiger partial charge on any atom is -0.343 e. The van der Waals surface area contributed by atoms with Gasteiger partial charge in [0.1, 0.15) is 0 Å². The van der Waals surface area contributed by atoms with Gasteiger partial charge in [0.15, 0.2) is 0 Å². The summed E-state index contributed by atoms with van der Waals surface area (Å²) in [5.41, 5.74) is 0. The smallest absolute Gasteiger partial charge is 0.239 e. The van der Waals surface area contributed by atoms with E-state index >= 15 is 0 Å². The maximum Gasteiger partial charge on any atom is 0.239 e. The fraction of sp³-hybridized carbons (Fsp3) is 0.900. The largest absolute Gasteiger partial charge is 0.343 e. The van der Waals surface area contributed by atoms with Crippen LogP contribution in [0.3, 0.4) is 0 Å². The first-order valence-electron chi connectivity index (χ1n) is 5.44. The molecule has 0 aromatic carbocycles. The zero-order valence-electron chi connectivity index (χ0n) is 8.99. The molecule has 2 heterocycles. The average molecular weight is 197 g/mol. The van der Waals surface area contributed by atoms with Gasteiger partial charge in [0, 0.05) is 32.7 Å². The molecule has 2 aliphatic rings. The quantitative estimate of drug-likeness (QED) is 0.649. The highest BCUT2D eigenvalue weighted by molar-refractivity contribution is 5.82. The van der Waals surface area contributed by atoms with Crippen LogP contribution in [0.5, 0.6) is 0 Å². The van der Waals surface area contributed by atoms with Gasteiger partial charge in [-0.1, -0.05) is 6.92 Å². The van der Waals surface area contributed by atoms with Crippen LogP contribution < -0.4 is 5.32 Å². The van der Waals surface area contributed by atoms with E-state index < -0.39 is 0 Å². The second-order valence-electron chi connectivity index (χ2n) is 4.26. The van der Waals surface area contributed by atoms with Crippen molar-refractivity contribution < 1.29 is 4.79 Å². The van der Waals surface area contributed by atoms with Gasteiger partial charge in [-0.3, -0.25) is 9.69 Å². The van der Waals surface area contributed by atoms with Gasteiger partial charge in [0.2, 0.25) is 5.91 Å². The summed E-state index contributed by atoms with van der Waals surface area (Å²) in [5.74, 6) is 0.302. The van der Waals surface area contributed by atoms with Crippen LogP contribution in [0.1, 0.15) is 13.3 Å². The second kappa shape index (κ2) is 3.87. The van der Waals surface area contributed by atoms with Crippen LogP contribution in [0.25, 0.3) is 0 Å². The third-order valence-electron chi connectivity index (χ3n) is 3.28. The Morgan fingerprint density at radius 3 is 3.00 bits per heavy atom. The highest BCUT2D eigenvalue weighted by atomic mass is 16.2. The Labute approximate surface area is 85.2 Å². The lowest BCUT2D eigenvalue weighted by atomic mass is 10.1. The van der Waals surface area contributed by atoms with E-state index in [0.717, 1.165) is 32.6 Å². The van der Waals surface area contributed by atoms with E-state index in [2.05, 4.69) is 17.1 Å². The number of nitrogens with one attached hydrogen (secondary N) is 1. The summed E-state index contributed by atoms with van der Waals surface area (Å²) in [6, 6.07) is 0.665. The number of piperazine rings is 1. The molecule has 0 bridgehead atoms. The molecule has 0 spiro atoms. The van der Waals surface area contributed by atoms with Crippen molar-refractivity contribution >= 4 is 5.91 Å². The van der Waals surface area contributed by atoms with E-state index in [1.54, 1.807) is 0 Å². The lowest BCUT2D eigenvalue weighted by Crippen LogP contribution is -2.52. The van der Waals surface area contributed by atoms with Gasteiger partial charge < -0.3 is 10.2 Å². The normalized spacial score (nSPS) is 33.6. The van der Waals surface area contributed by atoms with Crippen molar-refractivity contribution in [2.75, 3.05) is 33.2 Å². The number of nitrogens with zero attached hydrogens (tertiary/aromatic N) is 2. The Bertz CT molecular complexity index is 231. The van der Waals surface area contributed by atoms with Gasteiger partial charge in [-0.15, -0.1) is 0 Å². The summed E-state index contributed by atoms with van der Waals surface area (Å²) in [5, 5.41) is 3.42. The van der Waals surface area contributed by atoms with Crippen molar-refractivity contribution in [1.29, 1.82) is 0 Å². The maximum absolute atomic E-state index is 11.8. The molecule has 2 aliphatic heterocycles. The van der Waals surface area contributed by atoms with Gasteiger partial charge in [-0.25, -0.2) is 0 Å². The lowest BCUT2D eigenvalue weighted by molar-refractivity contribution is -0.138. The maximum atomic E-state index is 11.8. The third-order valence-corrected chi connectivity index (χ3v) is 3.28. The van der Waals surface area contributed by atoms with Crippen molar-refractivity contribution in [2.45, 2.75) is 25.4 Å². The molecule has 80 valence electrons. The number of hydrogen-bond acceptors (Lipinski definition) is 3. The van der Waals surface area contributed by atoms with Gasteiger partial charge in [0.25, 0.3) is 0 Å². The van der Waals surface area contributed by atoms with E-state index in [4.69, 9.17) is 0 Å². The summed E-state index contributed by atoms with van der Waals surface area (Å²) in [4.78, 5) is 16.0. The first-order chi connectivity index (χ1) is 6.72. The highest BCUT2D eigenvalue weighted by Gasteiger charge is 2.40. The standard InChI is InChI=1S/C10H19N3O/c1-3-11-8-6-9-10(14)12(2)4-5-13(9)7-8/h8-9,11H,3-7H2,1-2H3/t8-,9+/m0/s1. The zero-order valence-corrected chi connectivity index (χ0v) is 8.99. The van der Waals surface area contributed by atoms with Gasteiger partial charge in [-0.2, -0.15) is 0 Å². The lowest BCUT2D eigenvalue weighted by Gasteiger charge is -2.34. The Kier molecular flexibility index (Phi) is 2.74. The number of hydrogen-bond donors (Lipinski definition) is 1. The fourth-order valence-electron chi connectivity index (χ4n) is 2.49. The van der Waals surface area contributed by atoms with Crippen molar-refractivity contribution in [3.05, 3.63) is 0 Å². The first-order valence-corrected chi connectivity index (χ1v) is 5.44. The van der Waals surface area contributed by atoms with Crippen molar-refractivity contribution in [1.82, 2.24) is 15.1 Å². The van der Waals surface area contributed by atoms with Crippen LogP contribution in [0, 0.1) is 0 Å². The summed E-state index contributed by atoms with van der Waals surface area (Å²) < 4.78 is 0. The number of carbonyl (C=O) groups is 1. The molecule has 2 fully saturated rings. The van der Waals surface area contributed by atoms with Crippen LogP contribution in [-0.4, -0.2) is 61.0 Å². The number of fused-ring (bicyclic) bond motifs is 1. The summed E-state index contributed by atoms with van der Waals surface area (Å²) >= 11 is 0. The molecule has 0 unspecified atom stereocenters. The topological polar surface area (TPSA) is 35.6 Å². The monoisotopic (exact) mass is 197 g/mol. The van der Waals surface area contributed by atoms with E-state index in [0.29, 0.717) is 11.9 Å². The van der Waals surface area contributed by atoms with E-state index in [1.165, 1.54) is 0 Å². The number of rotatable bonds is 2. The number of carbonyl (C=O) groups excluding carboxylic acids is 1. The molecule has 0 aromatic rings. The number of amides is 1. The van der Waals surface area contributed by atoms with E-state index in [-0.39, 0.29) is 6.04 Å². The van der Waals surface area contributed by atoms with Crippen LogP contribution in [0.15, 0.2) is 0 Å². The summed E-state index contributed by atoms with van der Waals surface area (Å²) in [7, 11) is 1.90. The molecular formula is C10H19N3O. The third kappa shape index (κ3) is 1.64. The fourth-order valence-corrected chi connectivity index (χ4v) is 2.49. The van der Waals surface area contributed by atoms with Gasteiger partial charge in [0.05, 0.1) is 6.04 Å². The molecular weight excluding hydrogens is 178 g/mol. The molecule has 0 aliphatic carbocycles. The Morgan fingerprint density at radius 1 is 1.50 bits per heavy atom. The number of likely N-dealkylation sites (N-methyl/N-ethyl adjacent to an activating group) is 2. The molecule has 0 radical (unpaired) electrons. The minimum atomic E-state index is 0.151. The Morgan fingerprint density at radius 2 is 2.29 bits per heavy atom. The van der Waals surface area contributed by atoms with E-state index in [1.807, 2.05) is 11.9 Å². The molecule has 0 aromatic heterocycles. The van der Waals surface area contributed by atoms with Crippen LogP contribution in [0.4, 0.5) is 0 Å². The Balaban J connectivity index is 1.99. The second-order valence-corrected chi connectivity index (χ2v) is 4.26. The summed E-state index contributed by atoms with van der Waals surface area (Å²) in [6.07, 6.45) is 0.983. The molecule has 2 saturated heterocycles. The highest BCUT2D eigenvalue weighted by Crippen LogP contribution is 2.22. The van der Waals surface area contributed by atoms with Crippen molar-refractivity contribution in [2.24, 2.45) is 0 Å². The zero-order chi connectivity index (χ0) is 10.1. The predicted octanol–water partition coefficient (Wildman–Crippen LogP) is -0.489. The molecule has 4 heteroatoms. The molecule has 1 amide bonds. The van der Waals surface area contributed by atoms with Crippen molar-refractivity contribution in [3.63, 3.8) is 0 Å². The first kappa shape index (κ1) is 9.93. The average Bonchev–Trinajstić information content (AvgIpc) is 2.56.